The van der Waals surface area contributed by atoms with Gasteiger partial charge in [0.15, 0.2) is 6.23 Å². The largest absolute Gasteiger partial charge is 0.393 e. The molecule has 106 valence electrons. The van der Waals surface area contributed by atoms with Gasteiger partial charge in [-0.3, -0.25) is 4.57 Å². The summed E-state index contributed by atoms with van der Waals surface area (Å²) >= 11 is 2.95. The maximum absolute atomic E-state index is 13.7. The number of rotatable bonds is 2. The van der Waals surface area contributed by atoms with Gasteiger partial charge in [-0.05, 0) is 15.9 Å². The zero-order valence-electron chi connectivity index (χ0n) is 9.26. The molecule has 1 aliphatic rings. The Balaban J connectivity index is 2.44. The number of hydrogen-bond acceptors (Lipinski definition) is 5. The van der Waals surface area contributed by atoms with Crippen LogP contribution in [-0.4, -0.2) is 39.5 Å². The first-order chi connectivity index (χ1) is 8.78. The number of ether oxygens (including phenoxy) is 1. The number of alkyl halides is 3. The lowest BCUT2D eigenvalue weighted by Crippen LogP contribution is -2.39. The molecule has 0 saturated carbocycles. The molecule has 1 aromatic heterocycles. The number of hydrogen-bond donors (Lipinski definition) is 2. The topological polar surface area (TPSA) is 90.4 Å². The highest BCUT2D eigenvalue weighted by Crippen LogP contribution is 2.42. The molecule has 3 unspecified atom stereocenters. The van der Waals surface area contributed by atoms with Gasteiger partial charge in [0.25, 0.3) is 0 Å². The third-order valence-corrected chi connectivity index (χ3v) is 3.34. The summed E-state index contributed by atoms with van der Waals surface area (Å²) in [5, 5.41) is 8.75. The number of anilines is 1. The second-order valence-corrected chi connectivity index (χ2v) is 4.79. The summed E-state index contributed by atoms with van der Waals surface area (Å²) in [5.41, 5.74) is 4.31. The lowest BCUT2D eigenvalue weighted by atomic mass is 10.1. The normalized spacial score (nSPS) is 29.6. The van der Waals surface area contributed by atoms with Crippen LogP contribution in [0.25, 0.3) is 0 Å². The molecule has 1 fully saturated rings. The third-order valence-electron chi connectivity index (χ3n) is 2.73. The van der Waals surface area contributed by atoms with Crippen molar-refractivity contribution >= 4 is 21.7 Å². The number of nitrogens with zero attached hydrogens (tertiary/aromatic N) is 2. The van der Waals surface area contributed by atoms with Crippen molar-refractivity contribution in [1.82, 2.24) is 9.55 Å². The summed E-state index contributed by atoms with van der Waals surface area (Å²) in [4.78, 5) is 14.9. The first-order valence-corrected chi connectivity index (χ1v) is 5.90. The molecule has 1 aromatic rings. The van der Waals surface area contributed by atoms with E-state index in [-0.39, 0.29) is 10.3 Å². The van der Waals surface area contributed by atoms with Gasteiger partial charge in [-0.25, -0.2) is 18.0 Å². The Bertz CT molecular complexity index is 553. The van der Waals surface area contributed by atoms with Crippen LogP contribution in [0.1, 0.15) is 6.23 Å². The smallest absolute Gasteiger partial charge is 0.351 e. The fraction of sp³-hybridized carbons (Fsp3) is 0.556. The van der Waals surface area contributed by atoms with Crippen LogP contribution in [0.2, 0.25) is 0 Å². The van der Waals surface area contributed by atoms with Crippen molar-refractivity contribution in [2.75, 3.05) is 12.3 Å². The predicted molar refractivity (Wildman–Crippen MR) is 61.4 cm³/mol. The molecule has 1 saturated heterocycles. The minimum absolute atomic E-state index is 0.138. The first kappa shape index (κ1) is 14.3. The average molecular weight is 344 g/mol. The Kier molecular flexibility index (Phi) is 3.58. The van der Waals surface area contributed by atoms with Crippen LogP contribution in [0, 0.1) is 0 Å². The van der Waals surface area contributed by atoms with Gasteiger partial charge in [-0.2, -0.15) is 4.98 Å². The van der Waals surface area contributed by atoms with Crippen LogP contribution < -0.4 is 11.4 Å². The van der Waals surface area contributed by atoms with Gasteiger partial charge in [0.1, 0.15) is 11.9 Å². The zero-order chi connectivity index (χ0) is 14.4. The summed E-state index contributed by atoms with van der Waals surface area (Å²) in [6, 6.07) is 0. The van der Waals surface area contributed by atoms with Crippen LogP contribution in [0.4, 0.5) is 19.0 Å². The highest BCUT2D eigenvalue weighted by molar-refractivity contribution is 9.10. The Morgan fingerprint density at radius 3 is 2.79 bits per heavy atom. The van der Waals surface area contributed by atoms with E-state index in [1.807, 2.05) is 0 Å². The van der Waals surface area contributed by atoms with Crippen molar-refractivity contribution in [3.05, 3.63) is 21.2 Å². The maximum Gasteiger partial charge on any atom is 0.351 e. The SMILES string of the molecule is Nc1nc(=O)n(C2OC(CO)C(F)(F)C2F)cc1Br. The van der Waals surface area contributed by atoms with Gasteiger partial charge >= 0.3 is 11.6 Å². The van der Waals surface area contributed by atoms with E-state index in [1.165, 1.54) is 0 Å². The van der Waals surface area contributed by atoms with Crippen molar-refractivity contribution in [1.29, 1.82) is 0 Å². The van der Waals surface area contributed by atoms with Gasteiger partial charge < -0.3 is 15.6 Å². The minimum atomic E-state index is -3.90. The second kappa shape index (κ2) is 4.76. The molecule has 0 amide bonds. The van der Waals surface area contributed by atoms with E-state index in [0.29, 0.717) is 4.57 Å². The summed E-state index contributed by atoms with van der Waals surface area (Å²) in [6.45, 7) is -1.07. The van der Waals surface area contributed by atoms with Gasteiger partial charge in [-0.1, -0.05) is 0 Å². The van der Waals surface area contributed by atoms with Crippen LogP contribution in [0.5, 0.6) is 0 Å². The number of nitrogens with two attached hydrogens (primary N) is 1. The number of aliphatic hydroxyl groups is 1. The quantitative estimate of drug-likeness (QED) is 0.813. The Labute approximate surface area is 113 Å². The average Bonchev–Trinajstić information content (AvgIpc) is 2.56. The van der Waals surface area contributed by atoms with Crippen molar-refractivity contribution in [2.24, 2.45) is 0 Å². The molecule has 1 aliphatic heterocycles. The summed E-state index contributed by atoms with van der Waals surface area (Å²) < 4.78 is 45.9. The van der Waals surface area contributed by atoms with E-state index in [1.54, 1.807) is 0 Å². The van der Waals surface area contributed by atoms with E-state index < -0.39 is 36.7 Å². The Morgan fingerprint density at radius 2 is 2.26 bits per heavy atom. The third kappa shape index (κ3) is 2.23. The molecule has 0 aromatic carbocycles. The molecule has 3 atom stereocenters. The molecular formula is C9H9BrF3N3O3. The number of aromatic nitrogens is 2. The first-order valence-electron chi connectivity index (χ1n) is 5.11. The Hall–Kier alpha value is -1.13. The molecule has 3 N–H and O–H groups in total. The van der Waals surface area contributed by atoms with E-state index >= 15 is 0 Å². The molecule has 0 spiro atoms. The number of aliphatic hydroxyl groups excluding tert-OH is 1. The zero-order valence-corrected chi connectivity index (χ0v) is 10.8. The molecule has 19 heavy (non-hydrogen) atoms. The molecule has 10 heteroatoms. The highest BCUT2D eigenvalue weighted by atomic mass is 79.9. The molecule has 0 bridgehead atoms. The molecule has 6 nitrogen and oxygen atoms in total. The fourth-order valence-corrected chi connectivity index (χ4v) is 2.02. The molecule has 0 radical (unpaired) electrons. The second-order valence-electron chi connectivity index (χ2n) is 3.94. The summed E-state index contributed by atoms with van der Waals surface area (Å²) in [7, 11) is 0. The number of nitrogen functional groups attached to an aromatic ring is 1. The molecule has 2 heterocycles. The van der Waals surface area contributed by atoms with Crippen LogP contribution in [0.15, 0.2) is 15.5 Å². The van der Waals surface area contributed by atoms with E-state index in [4.69, 9.17) is 10.8 Å². The van der Waals surface area contributed by atoms with Crippen molar-refractivity contribution in [3.8, 4) is 0 Å². The van der Waals surface area contributed by atoms with Gasteiger partial charge in [0, 0.05) is 6.20 Å². The van der Waals surface area contributed by atoms with Crippen molar-refractivity contribution in [3.63, 3.8) is 0 Å². The molecular weight excluding hydrogens is 335 g/mol. The fourth-order valence-electron chi connectivity index (χ4n) is 1.71. The monoisotopic (exact) mass is 343 g/mol. The van der Waals surface area contributed by atoms with Gasteiger partial charge in [0.2, 0.25) is 6.17 Å². The molecule has 0 aliphatic carbocycles. The lowest BCUT2D eigenvalue weighted by molar-refractivity contribution is -0.111. The van der Waals surface area contributed by atoms with Crippen molar-refractivity contribution < 1.29 is 23.0 Å². The lowest BCUT2D eigenvalue weighted by Gasteiger charge is -2.16. The number of halogens is 4. The standard InChI is InChI=1S/C9H9BrF3N3O3/c10-3-1-16(8(18)15-6(3)14)7-5(11)9(12,13)4(2-17)19-7/h1,4-5,7,17H,2H2,(H2,14,15,18). The van der Waals surface area contributed by atoms with E-state index in [2.05, 4.69) is 25.7 Å². The van der Waals surface area contributed by atoms with Gasteiger partial charge in [-0.15, -0.1) is 0 Å². The maximum atomic E-state index is 13.7. The van der Waals surface area contributed by atoms with E-state index in [9.17, 15) is 18.0 Å². The Morgan fingerprint density at radius 1 is 1.63 bits per heavy atom. The van der Waals surface area contributed by atoms with E-state index in [0.717, 1.165) is 6.20 Å². The van der Waals surface area contributed by atoms with Crippen LogP contribution >= 0.6 is 15.9 Å². The predicted octanol–water partition coefficient (Wildman–Crippen LogP) is 0.451. The minimum Gasteiger partial charge on any atom is -0.393 e. The van der Waals surface area contributed by atoms with Crippen LogP contribution in [-0.2, 0) is 4.74 Å². The summed E-state index contributed by atoms with van der Waals surface area (Å²) in [6.07, 6.45) is -5.66. The molecule has 2 rings (SSSR count). The van der Waals surface area contributed by atoms with Gasteiger partial charge in [0.05, 0.1) is 11.1 Å². The highest BCUT2D eigenvalue weighted by Gasteiger charge is 2.60. The van der Waals surface area contributed by atoms with Crippen LogP contribution in [0.3, 0.4) is 0 Å². The summed E-state index contributed by atoms with van der Waals surface area (Å²) in [5.74, 6) is -4.05. The van der Waals surface area contributed by atoms with Crippen molar-refractivity contribution in [2.45, 2.75) is 24.4 Å².